The van der Waals surface area contributed by atoms with Crippen LogP contribution < -0.4 is 5.32 Å². The number of benzene rings is 2. The van der Waals surface area contributed by atoms with Gasteiger partial charge in [-0.15, -0.1) is 0 Å². The van der Waals surface area contributed by atoms with E-state index in [1.807, 2.05) is 43.3 Å². The summed E-state index contributed by atoms with van der Waals surface area (Å²) in [7, 11) is 0. The molecule has 1 unspecified atom stereocenters. The molecule has 6 heteroatoms. The average Bonchev–Trinajstić information content (AvgIpc) is 2.57. The summed E-state index contributed by atoms with van der Waals surface area (Å²) in [5.41, 5.74) is 1.23. The molecule has 0 aliphatic rings. The van der Waals surface area contributed by atoms with E-state index in [-0.39, 0.29) is 17.4 Å². The maximum absolute atomic E-state index is 12.3. The summed E-state index contributed by atoms with van der Waals surface area (Å²) in [6.45, 7) is 1.84. The quantitative estimate of drug-likeness (QED) is 0.524. The highest BCUT2D eigenvalue weighted by atomic mass is 79.9. The number of aromatic hydroxyl groups is 1. The second-order valence-corrected chi connectivity index (χ2v) is 6.87. The van der Waals surface area contributed by atoms with E-state index < -0.39 is 5.91 Å². The summed E-state index contributed by atoms with van der Waals surface area (Å²) >= 11 is 6.54. The maximum atomic E-state index is 12.3. The van der Waals surface area contributed by atoms with Gasteiger partial charge in [-0.1, -0.05) is 46.3 Å². The number of halogens is 2. The minimum absolute atomic E-state index is 0.0325. The number of carbonyl (C=O) groups excluding carboxylic acids is 1. The fourth-order valence-corrected chi connectivity index (χ4v) is 3.36. The Morgan fingerprint density at radius 2 is 1.96 bits per heavy atom. The van der Waals surface area contributed by atoms with Crippen molar-refractivity contribution in [2.75, 3.05) is 0 Å². The molecule has 0 bridgehead atoms. The molecule has 0 aliphatic carbocycles. The van der Waals surface area contributed by atoms with E-state index in [2.05, 4.69) is 37.2 Å². The molecule has 0 aromatic heterocycles. The lowest BCUT2D eigenvalue weighted by molar-refractivity contribution is -0.117. The lowest BCUT2D eigenvalue weighted by atomic mass is 10.1. The van der Waals surface area contributed by atoms with Gasteiger partial charge in [0.15, 0.2) is 0 Å². The standard InChI is InChI=1S/C18H14Br2N2O2/c1-11(12-5-3-2-4-6-12)22-18(24)14(10-21)7-13-8-15(19)9-16(20)17(13)23/h2-9,11,23H,1H3,(H,22,24). The van der Waals surface area contributed by atoms with Crippen molar-refractivity contribution in [3.63, 3.8) is 0 Å². The first-order chi connectivity index (χ1) is 11.4. The molecule has 0 heterocycles. The number of nitrogens with zero attached hydrogens (tertiary/aromatic N) is 1. The fourth-order valence-electron chi connectivity index (χ4n) is 2.10. The molecule has 0 radical (unpaired) electrons. The average molecular weight is 450 g/mol. The monoisotopic (exact) mass is 448 g/mol. The van der Waals surface area contributed by atoms with E-state index in [0.717, 1.165) is 5.56 Å². The van der Waals surface area contributed by atoms with Crippen LogP contribution in [-0.2, 0) is 4.79 Å². The van der Waals surface area contributed by atoms with E-state index in [9.17, 15) is 15.2 Å². The van der Waals surface area contributed by atoms with Crippen LogP contribution >= 0.6 is 31.9 Å². The molecule has 2 aromatic rings. The van der Waals surface area contributed by atoms with Gasteiger partial charge in [0.2, 0.25) is 0 Å². The van der Waals surface area contributed by atoms with Crippen LogP contribution in [0.3, 0.4) is 0 Å². The highest BCUT2D eigenvalue weighted by Gasteiger charge is 2.15. The molecule has 24 heavy (non-hydrogen) atoms. The van der Waals surface area contributed by atoms with Crippen LogP contribution in [0, 0.1) is 11.3 Å². The molecule has 122 valence electrons. The van der Waals surface area contributed by atoms with Crippen LogP contribution in [0.15, 0.2) is 57.0 Å². The van der Waals surface area contributed by atoms with Gasteiger partial charge in [-0.2, -0.15) is 5.26 Å². The molecule has 4 nitrogen and oxygen atoms in total. The Balaban J connectivity index is 2.25. The third-order valence-corrected chi connectivity index (χ3v) is 4.43. The molecular formula is C18H14Br2N2O2. The Morgan fingerprint density at radius 3 is 2.58 bits per heavy atom. The molecule has 1 amide bonds. The van der Waals surface area contributed by atoms with Crippen LogP contribution in [0.1, 0.15) is 24.1 Å². The first kappa shape index (κ1) is 18.2. The normalized spacial score (nSPS) is 12.3. The zero-order valence-electron chi connectivity index (χ0n) is 12.8. The number of nitriles is 1. The largest absolute Gasteiger partial charge is 0.506 e. The van der Waals surface area contributed by atoms with Crippen molar-refractivity contribution in [1.82, 2.24) is 5.32 Å². The summed E-state index contributed by atoms with van der Waals surface area (Å²) in [5.74, 6) is -0.529. The third kappa shape index (κ3) is 4.47. The highest BCUT2D eigenvalue weighted by molar-refractivity contribution is 9.11. The second-order valence-electron chi connectivity index (χ2n) is 5.10. The number of rotatable bonds is 4. The summed E-state index contributed by atoms with van der Waals surface area (Å²) in [4.78, 5) is 12.3. The maximum Gasteiger partial charge on any atom is 0.262 e. The van der Waals surface area contributed by atoms with Crippen molar-refractivity contribution in [2.45, 2.75) is 13.0 Å². The van der Waals surface area contributed by atoms with Crippen LogP contribution in [0.5, 0.6) is 5.75 Å². The molecule has 2 rings (SSSR count). The molecule has 1 atom stereocenters. The molecule has 0 saturated heterocycles. The minimum Gasteiger partial charge on any atom is -0.506 e. The van der Waals surface area contributed by atoms with Gasteiger partial charge >= 0.3 is 0 Å². The molecule has 0 fully saturated rings. The molecule has 0 saturated carbocycles. The molecule has 0 spiro atoms. The topological polar surface area (TPSA) is 73.1 Å². The molecular weight excluding hydrogens is 436 g/mol. The minimum atomic E-state index is -0.496. The Morgan fingerprint density at radius 1 is 1.29 bits per heavy atom. The molecule has 0 aliphatic heterocycles. The number of amides is 1. The van der Waals surface area contributed by atoms with Gasteiger partial charge < -0.3 is 10.4 Å². The fraction of sp³-hybridized carbons (Fsp3) is 0.111. The van der Waals surface area contributed by atoms with Gasteiger partial charge in [0.05, 0.1) is 10.5 Å². The SMILES string of the molecule is CC(NC(=O)C(C#N)=Cc1cc(Br)cc(Br)c1O)c1ccccc1. The van der Waals surface area contributed by atoms with Gasteiger partial charge in [0.25, 0.3) is 5.91 Å². The molecule has 2 aromatic carbocycles. The number of hydrogen-bond acceptors (Lipinski definition) is 3. The number of hydrogen-bond donors (Lipinski definition) is 2. The van der Waals surface area contributed by atoms with Crippen LogP contribution in [-0.4, -0.2) is 11.0 Å². The summed E-state index contributed by atoms with van der Waals surface area (Å²) < 4.78 is 1.19. The van der Waals surface area contributed by atoms with Crippen molar-refractivity contribution in [3.8, 4) is 11.8 Å². The lowest BCUT2D eigenvalue weighted by Gasteiger charge is -2.14. The Kier molecular flexibility index (Phi) is 6.18. The van der Waals surface area contributed by atoms with E-state index in [1.165, 1.54) is 6.08 Å². The highest BCUT2D eigenvalue weighted by Crippen LogP contribution is 2.33. The number of phenols is 1. The molecule has 2 N–H and O–H groups in total. The van der Waals surface area contributed by atoms with Gasteiger partial charge in [-0.3, -0.25) is 4.79 Å². The van der Waals surface area contributed by atoms with Gasteiger partial charge in [-0.05, 0) is 46.6 Å². The number of nitrogens with one attached hydrogen (secondary N) is 1. The van der Waals surface area contributed by atoms with Crippen molar-refractivity contribution in [3.05, 3.63) is 68.1 Å². The van der Waals surface area contributed by atoms with Crippen LogP contribution in [0.25, 0.3) is 6.08 Å². The predicted molar refractivity (Wildman–Crippen MR) is 100 cm³/mol. The van der Waals surface area contributed by atoms with Crippen LogP contribution in [0.2, 0.25) is 0 Å². The number of carbonyl (C=O) groups is 1. The summed E-state index contributed by atoms with van der Waals surface area (Å²) in [6.07, 6.45) is 1.36. The van der Waals surface area contributed by atoms with Crippen molar-refractivity contribution in [2.24, 2.45) is 0 Å². The smallest absolute Gasteiger partial charge is 0.262 e. The Bertz CT molecular complexity index is 827. The van der Waals surface area contributed by atoms with E-state index in [0.29, 0.717) is 14.5 Å². The van der Waals surface area contributed by atoms with Crippen molar-refractivity contribution < 1.29 is 9.90 Å². The van der Waals surface area contributed by atoms with Gasteiger partial charge in [0, 0.05) is 10.0 Å². The third-order valence-electron chi connectivity index (χ3n) is 3.37. The van der Waals surface area contributed by atoms with Gasteiger partial charge in [-0.25, -0.2) is 0 Å². The zero-order chi connectivity index (χ0) is 17.7. The van der Waals surface area contributed by atoms with Crippen molar-refractivity contribution >= 4 is 43.8 Å². The second kappa shape index (κ2) is 8.13. The van der Waals surface area contributed by atoms with Crippen LogP contribution in [0.4, 0.5) is 0 Å². The Labute approximate surface area is 157 Å². The summed E-state index contributed by atoms with van der Waals surface area (Å²) in [5, 5.41) is 22.1. The van der Waals surface area contributed by atoms with Gasteiger partial charge in [0.1, 0.15) is 17.4 Å². The summed E-state index contributed by atoms with van der Waals surface area (Å²) in [6, 6.07) is 14.4. The number of phenolic OH excluding ortho intramolecular Hbond substituents is 1. The van der Waals surface area contributed by atoms with Crippen molar-refractivity contribution in [1.29, 1.82) is 5.26 Å². The predicted octanol–water partition coefficient (Wildman–Crippen LogP) is 4.70. The van der Waals surface area contributed by atoms with E-state index in [1.54, 1.807) is 12.1 Å². The van der Waals surface area contributed by atoms with E-state index in [4.69, 9.17) is 0 Å². The zero-order valence-corrected chi connectivity index (χ0v) is 15.9. The first-order valence-corrected chi connectivity index (χ1v) is 8.66. The lowest BCUT2D eigenvalue weighted by Crippen LogP contribution is -2.27. The van der Waals surface area contributed by atoms with E-state index >= 15 is 0 Å². The Hall–Kier alpha value is -2.10. The first-order valence-electron chi connectivity index (χ1n) is 7.08.